The first kappa shape index (κ1) is 21.1. The molecule has 2 radical (unpaired) electrons. The first-order valence-corrected chi connectivity index (χ1v) is 9.27. The molecule has 2 fully saturated rings. The largest absolute Gasteiger partial charge is 0.338 e. The molecule has 0 aromatic heterocycles. The van der Waals surface area contributed by atoms with Crippen molar-refractivity contribution in [1.82, 2.24) is 9.96 Å². The second-order valence-electron chi connectivity index (χ2n) is 7.42. The monoisotopic (exact) mass is 376 g/mol. The van der Waals surface area contributed by atoms with Gasteiger partial charge in [-0.05, 0) is 31.6 Å². The zero-order valence-corrected chi connectivity index (χ0v) is 15.8. The van der Waals surface area contributed by atoms with Crippen LogP contribution in [-0.4, -0.2) is 61.4 Å². The number of aldehydes is 1. The van der Waals surface area contributed by atoms with E-state index in [0.29, 0.717) is 38.5 Å². The third-order valence-corrected chi connectivity index (χ3v) is 5.29. The van der Waals surface area contributed by atoms with Gasteiger partial charge in [-0.25, -0.2) is 4.79 Å². The molecule has 2 atom stereocenters. The standard InChI is InChI=1S/C18H25BN2O6/c1-11-9-15(23)21(16(11)24)10-12-3-5-13(6-4-12)18(26)27-20(2)17(25)14(19)7-8-22/h8,11-14H,3-7,9-10H2,1-2H3. The lowest BCUT2D eigenvalue weighted by Gasteiger charge is -2.30. The Bertz CT molecular complexity index is 617. The fourth-order valence-corrected chi connectivity index (χ4v) is 3.57. The van der Waals surface area contributed by atoms with Crippen molar-refractivity contribution in [3.63, 3.8) is 0 Å². The summed E-state index contributed by atoms with van der Waals surface area (Å²) in [5, 5.41) is 0.783. The summed E-state index contributed by atoms with van der Waals surface area (Å²) in [6.07, 6.45) is 3.21. The van der Waals surface area contributed by atoms with Gasteiger partial charge in [0.05, 0.1) is 13.8 Å². The van der Waals surface area contributed by atoms with Crippen molar-refractivity contribution in [1.29, 1.82) is 0 Å². The molecule has 3 amide bonds. The van der Waals surface area contributed by atoms with Crippen LogP contribution in [-0.2, 0) is 28.8 Å². The summed E-state index contributed by atoms with van der Waals surface area (Å²) in [7, 11) is 6.83. The van der Waals surface area contributed by atoms with Gasteiger partial charge in [0.25, 0.3) is 0 Å². The van der Waals surface area contributed by atoms with Crippen molar-refractivity contribution >= 4 is 37.8 Å². The van der Waals surface area contributed by atoms with E-state index in [-0.39, 0.29) is 42.4 Å². The van der Waals surface area contributed by atoms with Gasteiger partial charge in [0.15, 0.2) is 0 Å². The Morgan fingerprint density at radius 2 is 1.93 bits per heavy atom. The van der Waals surface area contributed by atoms with E-state index in [1.807, 2.05) is 0 Å². The molecule has 1 saturated heterocycles. The fourth-order valence-electron chi connectivity index (χ4n) is 3.57. The van der Waals surface area contributed by atoms with Crippen molar-refractivity contribution in [3.8, 4) is 0 Å². The van der Waals surface area contributed by atoms with Gasteiger partial charge in [-0.1, -0.05) is 6.92 Å². The molecule has 1 heterocycles. The highest BCUT2D eigenvalue weighted by Crippen LogP contribution is 2.32. The van der Waals surface area contributed by atoms with E-state index in [4.69, 9.17) is 12.7 Å². The van der Waals surface area contributed by atoms with E-state index in [1.54, 1.807) is 6.92 Å². The Hall–Kier alpha value is -2.19. The lowest BCUT2D eigenvalue weighted by Crippen LogP contribution is -2.38. The Morgan fingerprint density at radius 1 is 1.30 bits per heavy atom. The predicted octanol–water partition coefficient (Wildman–Crippen LogP) is 0.650. The van der Waals surface area contributed by atoms with Crippen LogP contribution >= 0.6 is 0 Å². The number of hydroxylamine groups is 2. The van der Waals surface area contributed by atoms with E-state index in [9.17, 15) is 24.0 Å². The van der Waals surface area contributed by atoms with Crippen LogP contribution in [0, 0.1) is 17.8 Å². The number of likely N-dealkylation sites (tertiary alicyclic amines) is 1. The molecule has 146 valence electrons. The number of rotatable bonds is 6. The van der Waals surface area contributed by atoms with Crippen LogP contribution in [0.1, 0.15) is 45.4 Å². The van der Waals surface area contributed by atoms with Gasteiger partial charge in [-0.2, -0.15) is 5.06 Å². The zero-order valence-electron chi connectivity index (χ0n) is 15.8. The quantitative estimate of drug-likeness (QED) is 0.292. The van der Waals surface area contributed by atoms with Crippen molar-refractivity contribution in [2.45, 2.75) is 51.3 Å². The number of nitrogens with zero attached hydrogens (tertiary/aromatic N) is 2. The Balaban J connectivity index is 1.78. The number of hydrogen-bond acceptors (Lipinski definition) is 6. The zero-order chi connectivity index (χ0) is 20.1. The van der Waals surface area contributed by atoms with E-state index in [2.05, 4.69) is 0 Å². The number of amides is 3. The summed E-state index contributed by atoms with van der Waals surface area (Å²) in [6.45, 7) is 2.16. The normalized spacial score (nSPS) is 26.6. The maximum atomic E-state index is 12.2. The molecule has 1 saturated carbocycles. The van der Waals surface area contributed by atoms with Gasteiger partial charge in [0.2, 0.25) is 17.7 Å². The van der Waals surface area contributed by atoms with Gasteiger partial charge in [0.1, 0.15) is 6.29 Å². The molecule has 1 aliphatic carbocycles. The van der Waals surface area contributed by atoms with Gasteiger partial charge in [0, 0.05) is 38.2 Å². The number of carbonyl (C=O) groups is 5. The summed E-state index contributed by atoms with van der Waals surface area (Å²) >= 11 is 0. The first-order valence-electron chi connectivity index (χ1n) is 9.27. The molecule has 0 aromatic rings. The molecule has 1 aliphatic heterocycles. The maximum Gasteiger partial charge on any atom is 0.335 e. The SMILES string of the molecule is [B]C(CC=O)C(=O)N(C)OC(=O)C1CCC(CN2C(=O)CC(C)C2=O)CC1. The van der Waals surface area contributed by atoms with Crippen LogP contribution in [0.4, 0.5) is 0 Å². The predicted molar refractivity (Wildman–Crippen MR) is 95.0 cm³/mol. The van der Waals surface area contributed by atoms with Gasteiger partial charge in [-0.3, -0.25) is 19.3 Å². The number of carbonyl (C=O) groups excluding carboxylic acids is 5. The average molecular weight is 376 g/mol. The van der Waals surface area contributed by atoms with Crippen LogP contribution in [0.5, 0.6) is 0 Å². The lowest BCUT2D eigenvalue weighted by atomic mass is 9.82. The van der Waals surface area contributed by atoms with Crippen LogP contribution in [0.2, 0.25) is 5.82 Å². The van der Waals surface area contributed by atoms with Crippen LogP contribution < -0.4 is 0 Å². The highest BCUT2D eigenvalue weighted by molar-refractivity contribution is 6.24. The van der Waals surface area contributed by atoms with Crippen LogP contribution in [0.25, 0.3) is 0 Å². The fraction of sp³-hybridized carbons (Fsp3) is 0.722. The van der Waals surface area contributed by atoms with E-state index >= 15 is 0 Å². The highest BCUT2D eigenvalue weighted by atomic mass is 16.7. The van der Waals surface area contributed by atoms with Crippen LogP contribution in [0.15, 0.2) is 0 Å². The molecular weight excluding hydrogens is 351 g/mol. The van der Waals surface area contributed by atoms with Gasteiger partial charge < -0.3 is 9.63 Å². The molecule has 0 bridgehead atoms. The Labute approximate surface area is 159 Å². The Kier molecular flexibility index (Phi) is 7.15. The molecule has 9 heteroatoms. The van der Waals surface area contributed by atoms with E-state index in [0.717, 1.165) is 5.06 Å². The van der Waals surface area contributed by atoms with E-state index in [1.165, 1.54) is 11.9 Å². The molecule has 0 N–H and O–H groups in total. The second-order valence-corrected chi connectivity index (χ2v) is 7.42. The van der Waals surface area contributed by atoms with Crippen molar-refractivity contribution < 1.29 is 28.8 Å². The molecular formula is C18H25BN2O6. The van der Waals surface area contributed by atoms with Gasteiger partial charge in [-0.15, -0.1) is 0 Å². The average Bonchev–Trinajstić information content (AvgIpc) is 2.87. The summed E-state index contributed by atoms with van der Waals surface area (Å²) < 4.78 is 0. The third kappa shape index (κ3) is 5.17. The molecule has 27 heavy (non-hydrogen) atoms. The van der Waals surface area contributed by atoms with E-state index < -0.39 is 17.7 Å². The summed E-state index contributed by atoms with van der Waals surface area (Å²) in [5.74, 6) is -2.84. The smallest absolute Gasteiger partial charge is 0.335 e. The minimum atomic E-state index is -1.03. The molecule has 8 nitrogen and oxygen atoms in total. The Morgan fingerprint density at radius 3 is 2.44 bits per heavy atom. The molecule has 0 aromatic carbocycles. The lowest BCUT2D eigenvalue weighted by molar-refractivity contribution is -0.197. The summed E-state index contributed by atoms with van der Waals surface area (Å²) in [5.41, 5.74) is 0. The minimum absolute atomic E-state index is 0.117. The van der Waals surface area contributed by atoms with Crippen LogP contribution in [0.3, 0.4) is 0 Å². The molecule has 2 rings (SSSR count). The third-order valence-electron chi connectivity index (χ3n) is 5.29. The molecule has 0 spiro atoms. The number of hydrogen-bond donors (Lipinski definition) is 0. The first-order chi connectivity index (χ1) is 12.7. The maximum absolute atomic E-state index is 12.2. The van der Waals surface area contributed by atoms with Crippen molar-refractivity contribution in [3.05, 3.63) is 0 Å². The van der Waals surface area contributed by atoms with Crippen molar-refractivity contribution in [2.75, 3.05) is 13.6 Å². The molecule has 2 unspecified atom stereocenters. The number of imide groups is 1. The molecule has 2 aliphatic rings. The highest BCUT2D eigenvalue weighted by Gasteiger charge is 2.38. The topological polar surface area (TPSA) is 101 Å². The minimum Gasteiger partial charge on any atom is -0.338 e. The van der Waals surface area contributed by atoms with Crippen molar-refractivity contribution in [2.24, 2.45) is 17.8 Å². The summed E-state index contributed by atoms with van der Waals surface area (Å²) in [4.78, 5) is 64.9. The summed E-state index contributed by atoms with van der Waals surface area (Å²) in [6, 6.07) is 0. The van der Waals surface area contributed by atoms with Gasteiger partial charge >= 0.3 is 5.97 Å². The second kappa shape index (κ2) is 9.15.